The lowest BCUT2D eigenvalue weighted by Crippen LogP contribution is -2.27. The van der Waals surface area contributed by atoms with Crippen molar-refractivity contribution in [2.75, 3.05) is 16.0 Å². The van der Waals surface area contributed by atoms with Crippen molar-refractivity contribution in [1.29, 1.82) is 0 Å². The van der Waals surface area contributed by atoms with Gasteiger partial charge in [-0.15, -0.1) is 23.1 Å². The molecule has 1 aliphatic rings. The third kappa shape index (κ3) is 4.13. The molecule has 1 aromatic heterocycles. The van der Waals surface area contributed by atoms with Crippen LogP contribution in [0.1, 0.15) is 21.4 Å². The van der Waals surface area contributed by atoms with Gasteiger partial charge in [0.1, 0.15) is 5.37 Å². The maximum Gasteiger partial charge on any atom is 0.238 e. The van der Waals surface area contributed by atoms with Crippen LogP contribution in [0.2, 0.25) is 0 Å². The Hall–Kier alpha value is -2.57. The van der Waals surface area contributed by atoms with Crippen molar-refractivity contribution in [1.82, 2.24) is 0 Å². The fourth-order valence-corrected chi connectivity index (χ4v) is 5.04. The molecule has 0 aliphatic carbocycles. The third-order valence-corrected chi connectivity index (χ3v) is 6.66. The van der Waals surface area contributed by atoms with Crippen molar-refractivity contribution in [3.8, 4) is 0 Å². The first-order valence-corrected chi connectivity index (χ1v) is 11.0. The Morgan fingerprint density at radius 3 is 2.54 bits per heavy atom. The topological polar surface area (TPSA) is 49.4 Å². The van der Waals surface area contributed by atoms with Crippen LogP contribution in [0.5, 0.6) is 0 Å². The Labute approximate surface area is 172 Å². The molecule has 0 unspecified atom stereocenters. The maximum absolute atomic E-state index is 12.5. The molecule has 1 fully saturated rings. The van der Waals surface area contributed by atoms with E-state index in [-0.39, 0.29) is 17.2 Å². The average molecular weight is 409 g/mol. The van der Waals surface area contributed by atoms with Gasteiger partial charge in [-0.3, -0.25) is 14.5 Å². The van der Waals surface area contributed by atoms with Crippen molar-refractivity contribution in [2.45, 2.75) is 18.7 Å². The summed E-state index contributed by atoms with van der Waals surface area (Å²) < 4.78 is 0. The molecule has 1 saturated heterocycles. The Bertz CT molecular complexity index is 967. The number of thioether (sulfide) groups is 1. The summed E-state index contributed by atoms with van der Waals surface area (Å²) in [5.74, 6) is 0.562. The van der Waals surface area contributed by atoms with Crippen LogP contribution < -0.4 is 10.2 Å². The standard InChI is InChI=1S/C22H20N2O2S2/c1-15-4-10-18(11-5-15)24-21(26)14-28-22(24)16-6-8-17(9-7-16)23-20(25)13-19-3-2-12-27-19/h2-12,22H,13-14H2,1H3,(H,23,25)/t22-/m0/s1. The first kappa shape index (κ1) is 18.8. The van der Waals surface area contributed by atoms with Crippen LogP contribution in [0.3, 0.4) is 0 Å². The highest BCUT2D eigenvalue weighted by Gasteiger charge is 2.33. The number of carbonyl (C=O) groups is 2. The number of nitrogens with one attached hydrogen (secondary N) is 1. The number of anilines is 2. The Balaban J connectivity index is 1.47. The first-order valence-electron chi connectivity index (χ1n) is 9.03. The van der Waals surface area contributed by atoms with Crippen molar-refractivity contribution >= 4 is 46.3 Å². The predicted molar refractivity (Wildman–Crippen MR) is 117 cm³/mol. The molecule has 2 amide bonds. The summed E-state index contributed by atoms with van der Waals surface area (Å²) in [6, 6.07) is 19.7. The van der Waals surface area contributed by atoms with Gasteiger partial charge in [0.2, 0.25) is 11.8 Å². The number of thiophene rings is 1. The maximum atomic E-state index is 12.5. The van der Waals surface area contributed by atoms with E-state index >= 15 is 0 Å². The molecular formula is C22H20N2O2S2. The number of benzene rings is 2. The van der Waals surface area contributed by atoms with Gasteiger partial charge in [-0.2, -0.15) is 0 Å². The van der Waals surface area contributed by atoms with E-state index in [1.165, 1.54) is 5.56 Å². The van der Waals surface area contributed by atoms with Crippen LogP contribution in [-0.4, -0.2) is 17.6 Å². The number of hydrogen-bond donors (Lipinski definition) is 1. The molecular weight excluding hydrogens is 388 g/mol. The minimum Gasteiger partial charge on any atom is -0.326 e. The number of amides is 2. The minimum atomic E-state index is -0.0499. The summed E-state index contributed by atoms with van der Waals surface area (Å²) in [6.07, 6.45) is 0.383. The van der Waals surface area contributed by atoms with E-state index in [1.807, 2.05) is 77.9 Å². The zero-order valence-corrected chi connectivity index (χ0v) is 17.1. The van der Waals surface area contributed by atoms with Gasteiger partial charge >= 0.3 is 0 Å². The van der Waals surface area contributed by atoms with Gasteiger partial charge in [-0.05, 0) is 48.2 Å². The quantitative estimate of drug-likeness (QED) is 0.645. The van der Waals surface area contributed by atoms with Crippen molar-refractivity contribution in [3.05, 3.63) is 82.0 Å². The molecule has 0 saturated carbocycles. The van der Waals surface area contributed by atoms with E-state index in [2.05, 4.69) is 5.32 Å². The smallest absolute Gasteiger partial charge is 0.238 e. The van der Waals surface area contributed by atoms with Crippen molar-refractivity contribution in [2.24, 2.45) is 0 Å². The lowest BCUT2D eigenvalue weighted by Gasteiger charge is -2.24. The number of hydrogen-bond acceptors (Lipinski definition) is 4. The molecule has 1 atom stereocenters. The molecule has 4 nitrogen and oxygen atoms in total. The van der Waals surface area contributed by atoms with E-state index in [1.54, 1.807) is 23.1 Å². The predicted octanol–water partition coefficient (Wildman–Crippen LogP) is 5.02. The molecule has 0 spiro atoms. The van der Waals surface area contributed by atoms with Crippen LogP contribution in [-0.2, 0) is 16.0 Å². The monoisotopic (exact) mass is 408 g/mol. The second kappa shape index (κ2) is 8.20. The van der Waals surface area contributed by atoms with Gasteiger partial charge in [-0.1, -0.05) is 35.9 Å². The third-order valence-electron chi connectivity index (χ3n) is 4.57. The number of rotatable bonds is 5. The Kier molecular flexibility index (Phi) is 5.50. The molecule has 2 heterocycles. The summed E-state index contributed by atoms with van der Waals surface area (Å²) in [5, 5.41) is 4.86. The molecule has 1 N–H and O–H groups in total. The molecule has 2 aromatic carbocycles. The first-order chi connectivity index (χ1) is 13.6. The summed E-state index contributed by atoms with van der Waals surface area (Å²) in [5.41, 5.74) is 3.90. The molecule has 142 valence electrons. The van der Waals surface area contributed by atoms with Crippen LogP contribution in [0.15, 0.2) is 66.0 Å². The number of aryl methyl sites for hydroxylation is 1. The minimum absolute atomic E-state index is 0.0260. The highest BCUT2D eigenvalue weighted by atomic mass is 32.2. The fourth-order valence-electron chi connectivity index (χ4n) is 3.16. The molecule has 1 aliphatic heterocycles. The summed E-state index contributed by atoms with van der Waals surface area (Å²) >= 11 is 3.20. The lowest BCUT2D eigenvalue weighted by atomic mass is 10.1. The van der Waals surface area contributed by atoms with Crippen molar-refractivity contribution in [3.63, 3.8) is 0 Å². The zero-order valence-electron chi connectivity index (χ0n) is 15.4. The van der Waals surface area contributed by atoms with Crippen LogP contribution in [0.25, 0.3) is 0 Å². The number of carbonyl (C=O) groups excluding carboxylic acids is 2. The molecule has 3 aromatic rings. The lowest BCUT2D eigenvalue weighted by molar-refractivity contribution is -0.116. The Morgan fingerprint density at radius 2 is 1.86 bits per heavy atom. The van der Waals surface area contributed by atoms with Gasteiger partial charge in [-0.25, -0.2) is 0 Å². The highest BCUT2D eigenvalue weighted by molar-refractivity contribution is 8.00. The zero-order chi connectivity index (χ0) is 19.5. The fraction of sp³-hybridized carbons (Fsp3) is 0.182. The molecule has 4 rings (SSSR count). The summed E-state index contributed by atoms with van der Waals surface area (Å²) in [4.78, 5) is 27.5. The molecule has 6 heteroatoms. The number of nitrogens with zero attached hydrogens (tertiary/aromatic N) is 1. The summed E-state index contributed by atoms with van der Waals surface area (Å²) in [6.45, 7) is 2.04. The van der Waals surface area contributed by atoms with E-state index in [9.17, 15) is 9.59 Å². The van der Waals surface area contributed by atoms with E-state index in [4.69, 9.17) is 0 Å². The largest absolute Gasteiger partial charge is 0.326 e. The molecule has 0 bridgehead atoms. The highest BCUT2D eigenvalue weighted by Crippen LogP contribution is 2.41. The van der Waals surface area contributed by atoms with Gasteiger partial charge in [0.05, 0.1) is 12.2 Å². The van der Waals surface area contributed by atoms with E-state index < -0.39 is 0 Å². The normalized spacial score (nSPS) is 16.4. The van der Waals surface area contributed by atoms with Gasteiger partial charge in [0.15, 0.2) is 0 Å². The van der Waals surface area contributed by atoms with Gasteiger partial charge < -0.3 is 5.32 Å². The van der Waals surface area contributed by atoms with Crippen molar-refractivity contribution < 1.29 is 9.59 Å². The van der Waals surface area contributed by atoms with Gasteiger partial charge in [0.25, 0.3) is 0 Å². The Morgan fingerprint density at radius 1 is 1.11 bits per heavy atom. The van der Waals surface area contributed by atoms with Crippen LogP contribution in [0, 0.1) is 6.92 Å². The molecule has 0 radical (unpaired) electrons. The SMILES string of the molecule is Cc1ccc(N2C(=O)CS[C@H]2c2ccc(NC(=O)Cc3cccs3)cc2)cc1. The second-order valence-electron chi connectivity index (χ2n) is 6.69. The van der Waals surface area contributed by atoms with Crippen LogP contribution >= 0.6 is 23.1 Å². The average Bonchev–Trinajstić information content (AvgIpc) is 3.33. The second-order valence-corrected chi connectivity index (χ2v) is 8.79. The van der Waals surface area contributed by atoms with E-state index in [0.717, 1.165) is 21.8 Å². The van der Waals surface area contributed by atoms with Gasteiger partial charge in [0, 0.05) is 16.3 Å². The van der Waals surface area contributed by atoms with Crippen LogP contribution in [0.4, 0.5) is 11.4 Å². The molecule has 28 heavy (non-hydrogen) atoms. The summed E-state index contributed by atoms with van der Waals surface area (Å²) in [7, 11) is 0. The van der Waals surface area contributed by atoms with E-state index in [0.29, 0.717) is 12.2 Å².